The van der Waals surface area contributed by atoms with Crippen LogP contribution in [0.4, 0.5) is 0 Å². The van der Waals surface area contributed by atoms with Gasteiger partial charge in [0, 0.05) is 6.54 Å². The first kappa shape index (κ1) is 15.0. The van der Waals surface area contributed by atoms with Crippen molar-refractivity contribution in [2.45, 2.75) is 24.8 Å². The van der Waals surface area contributed by atoms with Gasteiger partial charge in [-0.15, -0.1) is 0 Å². The number of hydrogen-bond donors (Lipinski definition) is 0. The van der Waals surface area contributed by atoms with Crippen molar-refractivity contribution in [3.63, 3.8) is 0 Å². The zero-order valence-electron chi connectivity index (χ0n) is 12.7. The highest BCUT2D eigenvalue weighted by atomic mass is 32.2. The number of sulfonamides is 1. The average molecular weight is 313 g/mol. The van der Waals surface area contributed by atoms with Crippen LogP contribution in [0.25, 0.3) is 0 Å². The van der Waals surface area contributed by atoms with Crippen LogP contribution < -0.4 is 0 Å². The fourth-order valence-corrected chi connectivity index (χ4v) is 4.35. The maximum absolute atomic E-state index is 13.0. The fraction of sp³-hybridized carbons (Fsp3) is 0.222. The second kappa shape index (κ2) is 5.71. The molecule has 2 aromatic rings. The Balaban J connectivity index is 2.01. The lowest BCUT2D eigenvalue weighted by Gasteiger charge is -2.24. The topological polar surface area (TPSA) is 37.4 Å². The molecule has 1 unspecified atom stereocenters. The lowest BCUT2D eigenvalue weighted by atomic mass is 10.1. The average Bonchev–Trinajstić information content (AvgIpc) is 2.91. The van der Waals surface area contributed by atoms with Gasteiger partial charge in [-0.25, -0.2) is 8.42 Å². The van der Waals surface area contributed by atoms with Crippen LogP contribution in [0.15, 0.2) is 71.1 Å². The SMILES string of the molecule is CC1=CC(c2ccccc2)N(S(=O)(=O)c2ccc(C)cc2)C1. The van der Waals surface area contributed by atoms with Crippen molar-refractivity contribution in [2.75, 3.05) is 6.54 Å². The summed E-state index contributed by atoms with van der Waals surface area (Å²) in [4.78, 5) is 0.349. The summed E-state index contributed by atoms with van der Waals surface area (Å²) < 4.78 is 27.5. The van der Waals surface area contributed by atoms with E-state index in [1.54, 1.807) is 16.4 Å². The maximum Gasteiger partial charge on any atom is 0.244 e. The molecular formula is C18H19NO2S. The van der Waals surface area contributed by atoms with Gasteiger partial charge < -0.3 is 0 Å². The molecule has 0 bridgehead atoms. The molecule has 1 aliphatic heterocycles. The van der Waals surface area contributed by atoms with Crippen LogP contribution in [0.3, 0.4) is 0 Å². The molecule has 2 aromatic carbocycles. The van der Waals surface area contributed by atoms with E-state index in [-0.39, 0.29) is 6.04 Å². The third kappa shape index (κ3) is 2.72. The summed E-state index contributed by atoms with van der Waals surface area (Å²) in [7, 11) is -3.50. The monoisotopic (exact) mass is 313 g/mol. The minimum Gasteiger partial charge on any atom is -0.207 e. The fourth-order valence-electron chi connectivity index (χ4n) is 2.74. The Labute approximate surface area is 132 Å². The Kier molecular flexibility index (Phi) is 3.89. The molecule has 114 valence electrons. The first-order valence-electron chi connectivity index (χ1n) is 7.29. The molecule has 3 nitrogen and oxygen atoms in total. The molecule has 1 atom stereocenters. The van der Waals surface area contributed by atoms with E-state index < -0.39 is 10.0 Å². The standard InChI is InChI=1S/C18H19NO2S/c1-14-8-10-17(11-9-14)22(20,21)19-13-15(2)12-18(19)16-6-4-3-5-7-16/h3-12,18H,13H2,1-2H3. The number of benzene rings is 2. The first-order valence-corrected chi connectivity index (χ1v) is 8.73. The molecule has 0 N–H and O–H groups in total. The van der Waals surface area contributed by atoms with Crippen LogP contribution in [0.1, 0.15) is 24.1 Å². The second-order valence-corrected chi connectivity index (χ2v) is 7.62. The summed E-state index contributed by atoms with van der Waals surface area (Å²) >= 11 is 0. The normalized spacial score (nSPS) is 19.2. The smallest absolute Gasteiger partial charge is 0.207 e. The van der Waals surface area contributed by atoms with Crippen LogP contribution in [0.2, 0.25) is 0 Å². The third-order valence-corrected chi connectivity index (χ3v) is 5.77. The van der Waals surface area contributed by atoms with Gasteiger partial charge in [0.2, 0.25) is 10.0 Å². The summed E-state index contributed by atoms with van der Waals surface area (Å²) in [5.41, 5.74) is 3.12. The molecule has 0 saturated heterocycles. The summed E-state index contributed by atoms with van der Waals surface area (Å²) in [6.07, 6.45) is 2.03. The molecule has 0 aromatic heterocycles. The van der Waals surface area contributed by atoms with Crippen LogP contribution >= 0.6 is 0 Å². The molecule has 0 radical (unpaired) electrons. The van der Waals surface area contributed by atoms with E-state index in [2.05, 4.69) is 0 Å². The van der Waals surface area contributed by atoms with E-state index in [4.69, 9.17) is 0 Å². The van der Waals surface area contributed by atoms with E-state index in [0.717, 1.165) is 16.7 Å². The Morgan fingerprint density at radius 2 is 1.59 bits per heavy atom. The molecule has 0 aliphatic carbocycles. The van der Waals surface area contributed by atoms with Crippen molar-refractivity contribution in [2.24, 2.45) is 0 Å². The highest BCUT2D eigenvalue weighted by Gasteiger charge is 2.35. The van der Waals surface area contributed by atoms with E-state index in [9.17, 15) is 8.42 Å². The highest BCUT2D eigenvalue weighted by Crippen LogP contribution is 2.34. The summed E-state index contributed by atoms with van der Waals surface area (Å²) in [5.74, 6) is 0. The molecule has 4 heteroatoms. The molecule has 1 aliphatic rings. The Morgan fingerprint density at radius 3 is 2.23 bits per heavy atom. The van der Waals surface area contributed by atoms with Gasteiger partial charge in [-0.1, -0.05) is 59.7 Å². The Bertz CT molecular complexity index is 793. The quantitative estimate of drug-likeness (QED) is 0.811. The van der Waals surface area contributed by atoms with Gasteiger partial charge in [-0.3, -0.25) is 0 Å². The van der Waals surface area contributed by atoms with Gasteiger partial charge in [-0.2, -0.15) is 4.31 Å². The van der Waals surface area contributed by atoms with E-state index in [0.29, 0.717) is 11.4 Å². The highest BCUT2D eigenvalue weighted by molar-refractivity contribution is 7.89. The minimum atomic E-state index is -3.50. The predicted octanol–water partition coefficient (Wildman–Crippen LogP) is 3.69. The number of nitrogens with zero attached hydrogens (tertiary/aromatic N) is 1. The van der Waals surface area contributed by atoms with Crippen molar-refractivity contribution < 1.29 is 8.42 Å². The van der Waals surface area contributed by atoms with E-state index in [1.165, 1.54) is 0 Å². The lowest BCUT2D eigenvalue weighted by molar-refractivity contribution is 0.415. The van der Waals surface area contributed by atoms with Crippen LogP contribution in [0.5, 0.6) is 0 Å². The second-order valence-electron chi connectivity index (χ2n) is 5.73. The molecule has 0 fully saturated rings. The zero-order chi connectivity index (χ0) is 15.7. The van der Waals surface area contributed by atoms with Gasteiger partial charge in [0.25, 0.3) is 0 Å². The first-order chi connectivity index (χ1) is 10.5. The summed E-state index contributed by atoms with van der Waals surface area (Å²) in [6.45, 7) is 4.36. The summed E-state index contributed by atoms with van der Waals surface area (Å²) in [6, 6.07) is 16.6. The molecule has 0 spiro atoms. The summed E-state index contributed by atoms with van der Waals surface area (Å²) in [5, 5.41) is 0. The molecular weight excluding hydrogens is 294 g/mol. The Morgan fingerprint density at radius 1 is 0.955 bits per heavy atom. The molecule has 22 heavy (non-hydrogen) atoms. The van der Waals surface area contributed by atoms with Crippen LogP contribution in [-0.2, 0) is 10.0 Å². The molecule has 1 heterocycles. The predicted molar refractivity (Wildman–Crippen MR) is 88.0 cm³/mol. The van der Waals surface area contributed by atoms with E-state index >= 15 is 0 Å². The van der Waals surface area contributed by atoms with Crippen LogP contribution in [0, 0.1) is 6.92 Å². The molecule has 3 rings (SSSR count). The zero-order valence-corrected chi connectivity index (χ0v) is 13.5. The van der Waals surface area contributed by atoms with Gasteiger partial charge in [0.05, 0.1) is 10.9 Å². The van der Waals surface area contributed by atoms with Crippen molar-refractivity contribution in [1.29, 1.82) is 0 Å². The third-order valence-electron chi connectivity index (χ3n) is 3.93. The van der Waals surface area contributed by atoms with Crippen LogP contribution in [-0.4, -0.2) is 19.3 Å². The maximum atomic E-state index is 13.0. The van der Waals surface area contributed by atoms with Crippen molar-refractivity contribution in [3.8, 4) is 0 Å². The number of aryl methyl sites for hydroxylation is 1. The van der Waals surface area contributed by atoms with Gasteiger partial charge in [0.1, 0.15) is 0 Å². The van der Waals surface area contributed by atoms with Crippen molar-refractivity contribution in [3.05, 3.63) is 77.4 Å². The molecule has 0 saturated carbocycles. The van der Waals surface area contributed by atoms with Crippen molar-refractivity contribution in [1.82, 2.24) is 4.31 Å². The number of hydrogen-bond acceptors (Lipinski definition) is 2. The van der Waals surface area contributed by atoms with Gasteiger partial charge in [0.15, 0.2) is 0 Å². The number of rotatable bonds is 3. The van der Waals surface area contributed by atoms with Crippen molar-refractivity contribution >= 4 is 10.0 Å². The molecule has 0 amide bonds. The Hall–Kier alpha value is -1.91. The van der Waals surface area contributed by atoms with Gasteiger partial charge >= 0.3 is 0 Å². The lowest BCUT2D eigenvalue weighted by Crippen LogP contribution is -2.31. The minimum absolute atomic E-state index is 0.229. The van der Waals surface area contributed by atoms with Gasteiger partial charge in [-0.05, 0) is 31.5 Å². The largest absolute Gasteiger partial charge is 0.244 e. The van der Waals surface area contributed by atoms with E-state index in [1.807, 2.05) is 62.4 Å².